The Morgan fingerprint density at radius 2 is 2.00 bits per heavy atom. The number of rotatable bonds is 6. The minimum absolute atomic E-state index is 0.0301. The number of nitrogens with one attached hydrogen (secondary N) is 3. The third kappa shape index (κ3) is 4.11. The average molecular weight is 386 g/mol. The van der Waals surface area contributed by atoms with Crippen LogP contribution in [0.25, 0.3) is 22.5 Å². The second-order valence-corrected chi connectivity index (χ2v) is 6.96. The first-order chi connectivity index (χ1) is 14.1. The fraction of sp³-hybridized carbons (Fsp3) is 0.174. The second kappa shape index (κ2) is 8.14. The summed E-state index contributed by atoms with van der Waals surface area (Å²) in [7, 11) is 0. The first-order valence-corrected chi connectivity index (χ1v) is 9.62. The number of H-pyrrole nitrogens is 1. The van der Waals surface area contributed by atoms with Gasteiger partial charge in [-0.05, 0) is 36.8 Å². The van der Waals surface area contributed by atoms with E-state index in [1.165, 1.54) is 0 Å². The van der Waals surface area contributed by atoms with Gasteiger partial charge in [-0.15, -0.1) is 6.58 Å². The van der Waals surface area contributed by atoms with E-state index in [9.17, 15) is 9.59 Å². The molecule has 0 unspecified atom stereocenters. The predicted octanol–water partition coefficient (Wildman–Crippen LogP) is 3.93. The van der Waals surface area contributed by atoms with Crippen LogP contribution in [0.1, 0.15) is 28.9 Å². The number of aromatic amines is 1. The fourth-order valence-corrected chi connectivity index (χ4v) is 3.39. The molecule has 1 aromatic carbocycles. The van der Waals surface area contributed by atoms with E-state index in [1.807, 2.05) is 42.5 Å². The number of benzene rings is 1. The molecule has 0 saturated heterocycles. The predicted molar refractivity (Wildman–Crippen MR) is 114 cm³/mol. The Bertz CT molecular complexity index is 1070. The van der Waals surface area contributed by atoms with Crippen LogP contribution in [-0.4, -0.2) is 28.3 Å². The molecular weight excluding hydrogens is 364 g/mol. The molecular formula is C23H22N4O2. The molecule has 6 heteroatoms. The Hall–Kier alpha value is -3.67. The van der Waals surface area contributed by atoms with Gasteiger partial charge < -0.3 is 15.6 Å². The lowest BCUT2D eigenvalue weighted by Gasteiger charge is -2.11. The van der Waals surface area contributed by atoms with Gasteiger partial charge in [0.15, 0.2) is 0 Å². The largest absolute Gasteiger partial charge is 0.358 e. The molecule has 3 aromatic rings. The Labute approximate surface area is 169 Å². The van der Waals surface area contributed by atoms with Crippen LogP contribution in [0.15, 0.2) is 61.3 Å². The normalized spacial score (nSPS) is 12.8. The van der Waals surface area contributed by atoms with Gasteiger partial charge in [0.25, 0.3) is 5.91 Å². The monoisotopic (exact) mass is 386 g/mol. The zero-order chi connectivity index (χ0) is 20.2. The SMILES string of the molecule is C=CCCC(=O)Nc1ccc(-c2cc(-c3cc4c([nH]3)CCNC4=O)ccn2)cc1. The van der Waals surface area contributed by atoms with Crippen molar-refractivity contribution in [2.24, 2.45) is 0 Å². The van der Waals surface area contributed by atoms with Gasteiger partial charge >= 0.3 is 0 Å². The molecule has 2 amide bonds. The van der Waals surface area contributed by atoms with E-state index in [4.69, 9.17) is 0 Å². The number of amides is 2. The van der Waals surface area contributed by atoms with Crippen LogP contribution in [0.3, 0.4) is 0 Å². The minimum Gasteiger partial charge on any atom is -0.358 e. The number of carbonyl (C=O) groups is 2. The third-order valence-corrected chi connectivity index (χ3v) is 4.92. The summed E-state index contributed by atoms with van der Waals surface area (Å²) < 4.78 is 0. The van der Waals surface area contributed by atoms with Gasteiger partial charge in [0.05, 0.1) is 11.3 Å². The molecule has 0 radical (unpaired) electrons. The number of nitrogens with zero attached hydrogens (tertiary/aromatic N) is 1. The number of anilines is 1. The average Bonchev–Trinajstić information content (AvgIpc) is 3.19. The highest BCUT2D eigenvalue weighted by Crippen LogP contribution is 2.27. The summed E-state index contributed by atoms with van der Waals surface area (Å²) in [5.41, 5.74) is 6.08. The molecule has 6 nitrogen and oxygen atoms in total. The molecule has 0 fully saturated rings. The third-order valence-electron chi connectivity index (χ3n) is 4.92. The molecule has 1 aliphatic rings. The highest BCUT2D eigenvalue weighted by molar-refractivity contribution is 5.97. The molecule has 0 bridgehead atoms. The van der Waals surface area contributed by atoms with Crippen molar-refractivity contribution in [3.05, 3.63) is 72.6 Å². The molecule has 0 saturated carbocycles. The van der Waals surface area contributed by atoms with Gasteiger partial charge in [-0.2, -0.15) is 0 Å². The van der Waals surface area contributed by atoms with Crippen molar-refractivity contribution in [2.75, 3.05) is 11.9 Å². The Balaban J connectivity index is 1.54. The van der Waals surface area contributed by atoms with Crippen molar-refractivity contribution in [1.29, 1.82) is 0 Å². The van der Waals surface area contributed by atoms with E-state index in [-0.39, 0.29) is 11.8 Å². The smallest absolute Gasteiger partial charge is 0.253 e. The number of allylic oxidation sites excluding steroid dienone is 1. The lowest BCUT2D eigenvalue weighted by Crippen LogP contribution is -2.31. The van der Waals surface area contributed by atoms with Gasteiger partial charge in [0, 0.05) is 53.8 Å². The van der Waals surface area contributed by atoms with E-state index in [2.05, 4.69) is 27.2 Å². The molecule has 0 aliphatic carbocycles. The van der Waals surface area contributed by atoms with Crippen molar-refractivity contribution in [3.8, 4) is 22.5 Å². The van der Waals surface area contributed by atoms with Crippen molar-refractivity contribution < 1.29 is 9.59 Å². The second-order valence-electron chi connectivity index (χ2n) is 6.96. The number of hydrogen-bond donors (Lipinski definition) is 3. The van der Waals surface area contributed by atoms with Crippen LogP contribution >= 0.6 is 0 Å². The van der Waals surface area contributed by atoms with Gasteiger partial charge in [-0.25, -0.2) is 0 Å². The molecule has 2 aromatic heterocycles. The van der Waals surface area contributed by atoms with E-state index in [0.29, 0.717) is 24.9 Å². The summed E-state index contributed by atoms with van der Waals surface area (Å²) in [5.74, 6) is -0.0636. The van der Waals surface area contributed by atoms with Gasteiger partial charge in [0.2, 0.25) is 5.91 Å². The van der Waals surface area contributed by atoms with Crippen LogP contribution < -0.4 is 10.6 Å². The summed E-state index contributed by atoms with van der Waals surface area (Å²) in [6.45, 7) is 4.28. The van der Waals surface area contributed by atoms with E-state index < -0.39 is 0 Å². The number of pyridine rings is 1. The number of hydrogen-bond acceptors (Lipinski definition) is 3. The van der Waals surface area contributed by atoms with Gasteiger partial charge in [-0.3, -0.25) is 14.6 Å². The van der Waals surface area contributed by atoms with Crippen LogP contribution in [0.2, 0.25) is 0 Å². The lowest BCUT2D eigenvalue weighted by molar-refractivity contribution is -0.116. The Kier molecular flexibility index (Phi) is 5.24. The maximum Gasteiger partial charge on any atom is 0.253 e. The van der Waals surface area contributed by atoms with Crippen molar-refractivity contribution in [2.45, 2.75) is 19.3 Å². The maximum absolute atomic E-state index is 12.0. The first kappa shape index (κ1) is 18.7. The van der Waals surface area contributed by atoms with E-state index >= 15 is 0 Å². The molecule has 3 heterocycles. The Morgan fingerprint density at radius 3 is 2.76 bits per heavy atom. The molecule has 3 N–H and O–H groups in total. The quantitative estimate of drug-likeness (QED) is 0.561. The Morgan fingerprint density at radius 1 is 1.17 bits per heavy atom. The molecule has 29 heavy (non-hydrogen) atoms. The number of aromatic nitrogens is 2. The van der Waals surface area contributed by atoms with Gasteiger partial charge in [0.1, 0.15) is 0 Å². The van der Waals surface area contributed by atoms with Crippen LogP contribution in [0.4, 0.5) is 5.69 Å². The summed E-state index contributed by atoms with van der Waals surface area (Å²) in [4.78, 5) is 31.7. The summed E-state index contributed by atoms with van der Waals surface area (Å²) >= 11 is 0. The summed E-state index contributed by atoms with van der Waals surface area (Å²) in [6, 6.07) is 13.4. The highest BCUT2D eigenvalue weighted by Gasteiger charge is 2.20. The maximum atomic E-state index is 12.0. The standard InChI is InChI=1S/C23H22N4O2/c1-2-3-4-22(28)26-17-7-5-15(6-8-17)20-13-16(9-11-24-20)21-14-18-19(27-21)10-12-25-23(18)29/h2,5-9,11,13-14,27H,1,3-4,10,12H2,(H,25,29)(H,26,28). The molecule has 1 aliphatic heterocycles. The summed E-state index contributed by atoms with van der Waals surface area (Å²) in [5, 5.41) is 5.74. The van der Waals surface area contributed by atoms with Crippen LogP contribution in [-0.2, 0) is 11.2 Å². The van der Waals surface area contributed by atoms with E-state index in [0.717, 1.165) is 40.3 Å². The van der Waals surface area contributed by atoms with Crippen molar-refractivity contribution in [1.82, 2.24) is 15.3 Å². The topological polar surface area (TPSA) is 86.9 Å². The van der Waals surface area contributed by atoms with Crippen LogP contribution in [0, 0.1) is 0 Å². The summed E-state index contributed by atoms with van der Waals surface area (Å²) in [6.07, 6.45) is 5.38. The van der Waals surface area contributed by atoms with Crippen molar-refractivity contribution >= 4 is 17.5 Å². The van der Waals surface area contributed by atoms with Crippen LogP contribution in [0.5, 0.6) is 0 Å². The lowest BCUT2D eigenvalue weighted by atomic mass is 10.1. The van der Waals surface area contributed by atoms with E-state index in [1.54, 1.807) is 12.3 Å². The zero-order valence-electron chi connectivity index (χ0n) is 16.0. The number of carbonyl (C=O) groups excluding carboxylic acids is 2. The van der Waals surface area contributed by atoms with Crippen molar-refractivity contribution in [3.63, 3.8) is 0 Å². The zero-order valence-corrected chi connectivity index (χ0v) is 16.0. The number of fused-ring (bicyclic) bond motifs is 1. The minimum atomic E-state index is -0.0336. The molecule has 0 atom stereocenters. The highest BCUT2D eigenvalue weighted by atomic mass is 16.2. The van der Waals surface area contributed by atoms with Gasteiger partial charge in [-0.1, -0.05) is 18.2 Å². The molecule has 0 spiro atoms. The first-order valence-electron chi connectivity index (χ1n) is 9.62. The molecule has 4 rings (SSSR count). The fourth-order valence-electron chi connectivity index (χ4n) is 3.39. The molecule has 146 valence electrons.